The second kappa shape index (κ2) is 6.02. The maximum atomic E-state index is 14.2. The zero-order valence-electron chi connectivity index (χ0n) is 12.7. The minimum absolute atomic E-state index is 0.0511. The first-order chi connectivity index (χ1) is 9.90. The molecule has 0 spiro atoms. The van der Waals surface area contributed by atoms with Crippen LogP contribution in [0.2, 0.25) is 0 Å². The van der Waals surface area contributed by atoms with Gasteiger partial charge >= 0.3 is 5.97 Å². The molecule has 1 saturated heterocycles. The maximum absolute atomic E-state index is 14.2. The van der Waals surface area contributed by atoms with E-state index in [4.69, 9.17) is 4.74 Å². The number of methoxy groups -OCH3 is 1. The van der Waals surface area contributed by atoms with E-state index >= 15 is 0 Å². The smallest absolute Gasteiger partial charge is 0.311 e. The highest BCUT2D eigenvalue weighted by Gasteiger charge is 2.47. The molecule has 1 aromatic rings. The van der Waals surface area contributed by atoms with E-state index < -0.39 is 11.4 Å². The molecule has 1 N–H and O–H groups in total. The molecule has 21 heavy (non-hydrogen) atoms. The van der Waals surface area contributed by atoms with Gasteiger partial charge in [-0.25, -0.2) is 4.39 Å². The summed E-state index contributed by atoms with van der Waals surface area (Å²) in [6.07, 6.45) is 0.603. The number of nitrogens with zero attached hydrogens (tertiary/aromatic N) is 1. The molecule has 1 aliphatic heterocycles. The van der Waals surface area contributed by atoms with Crippen LogP contribution in [0.5, 0.6) is 5.75 Å². The van der Waals surface area contributed by atoms with Crippen molar-refractivity contribution in [2.45, 2.75) is 26.8 Å². The molecule has 0 amide bonds. The summed E-state index contributed by atoms with van der Waals surface area (Å²) in [4.78, 5) is 13.6. The first-order valence-electron chi connectivity index (χ1n) is 7.18. The van der Waals surface area contributed by atoms with Gasteiger partial charge in [0.15, 0.2) is 11.6 Å². The first-order valence-corrected chi connectivity index (χ1v) is 7.18. The van der Waals surface area contributed by atoms with Gasteiger partial charge in [0.2, 0.25) is 0 Å². The third-order valence-electron chi connectivity index (χ3n) is 4.57. The van der Waals surface area contributed by atoms with Crippen molar-refractivity contribution in [3.05, 3.63) is 29.6 Å². The van der Waals surface area contributed by atoms with Crippen molar-refractivity contribution in [3.63, 3.8) is 0 Å². The summed E-state index contributed by atoms with van der Waals surface area (Å²) < 4.78 is 19.1. The van der Waals surface area contributed by atoms with Crippen LogP contribution in [0.15, 0.2) is 18.2 Å². The van der Waals surface area contributed by atoms with Crippen molar-refractivity contribution in [1.82, 2.24) is 4.90 Å². The number of carboxylic acids is 1. The highest BCUT2D eigenvalue weighted by atomic mass is 19.1. The molecule has 1 fully saturated rings. The molecule has 1 aromatic carbocycles. The summed E-state index contributed by atoms with van der Waals surface area (Å²) in [5, 5.41) is 9.53. The Bertz CT molecular complexity index is 532. The van der Waals surface area contributed by atoms with Crippen LogP contribution in [0, 0.1) is 17.2 Å². The first kappa shape index (κ1) is 15.8. The predicted molar refractivity (Wildman–Crippen MR) is 77.8 cm³/mol. The molecule has 0 bridgehead atoms. The van der Waals surface area contributed by atoms with Gasteiger partial charge in [-0.15, -0.1) is 0 Å². The number of hydrogen-bond acceptors (Lipinski definition) is 3. The van der Waals surface area contributed by atoms with Crippen LogP contribution in [0.25, 0.3) is 0 Å². The van der Waals surface area contributed by atoms with Crippen LogP contribution in [0.4, 0.5) is 4.39 Å². The lowest BCUT2D eigenvalue weighted by atomic mass is 9.76. The predicted octanol–water partition coefficient (Wildman–Crippen LogP) is 2.77. The Morgan fingerprint density at radius 2 is 2.24 bits per heavy atom. The van der Waals surface area contributed by atoms with Gasteiger partial charge in [0, 0.05) is 18.7 Å². The summed E-state index contributed by atoms with van der Waals surface area (Å²) in [5.41, 5.74) is -0.186. The average molecular weight is 295 g/mol. The molecule has 0 saturated carbocycles. The van der Waals surface area contributed by atoms with E-state index in [2.05, 4.69) is 0 Å². The van der Waals surface area contributed by atoms with Crippen molar-refractivity contribution in [1.29, 1.82) is 0 Å². The Hall–Kier alpha value is -1.62. The molecule has 2 rings (SSSR count). The van der Waals surface area contributed by atoms with Gasteiger partial charge in [0.1, 0.15) is 0 Å². The van der Waals surface area contributed by atoms with Crippen molar-refractivity contribution >= 4 is 5.97 Å². The zero-order chi connectivity index (χ0) is 15.6. The van der Waals surface area contributed by atoms with Gasteiger partial charge in [-0.1, -0.05) is 26.0 Å². The fourth-order valence-corrected chi connectivity index (χ4v) is 3.02. The Kier molecular flexibility index (Phi) is 4.52. The third-order valence-corrected chi connectivity index (χ3v) is 4.57. The van der Waals surface area contributed by atoms with E-state index in [1.165, 1.54) is 7.11 Å². The van der Waals surface area contributed by atoms with Gasteiger partial charge in [-0.2, -0.15) is 0 Å². The molecule has 5 heteroatoms. The number of halogens is 1. The topological polar surface area (TPSA) is 49.8 Å². The molecule has 0 radical (unpaired) electrons. The van der Waals surface area contributed by atoms with E-state index in [0.717, 1.165) is 0 Å². The van der Waals surface area contributed by atoms with Gasteiger partial charge in [0.25, 0.3) is 0 Å². The molecular weight excluding hydrogens is 273 g/mol. The Balaban J connectivity index is 2.15. The number of benzene rings is 1. The van der Waals surface area contributed by atoms with Gasteiger partial charge in [-0.3, -0.25) is 9.69 Å². The zero-order valence-corrected chi connectivity index (χ0v) is 12.7. The second-order valence-corrected chi connectivity index (χ2v) is 6.01. The monoisotopic (exact) mass is 295 g/mol. The molecule has 1 heterocycles. The third kappa shape index (κ3) is 2.88. The summed E-state index contributed by atoms with van der Waals surface area (Å²) >= 11 is 0. The van der Waals surface area contributed by atoms with Gasteiger partial charge in [0.05, 0.1) is 12.5 Å². The van der Waals surface area contributed by atoms with Crippen LogP contribution in [0.3, 0.4) is 0 Å². The van der Waals surface area contributed by atoms with Gasteiger partial charge < -0.3 is 9.84 Å². The standard InChI is InChI=1S/C16H22FNO3/c1-11(2)16(15(19)20)7-8-18(10-16)9-12-5-4-6-13(21-3)14(12)17/h4-6,11H,7-10H2,1-3H3,(H,19,20). The molecule has 4 nitrogen and oxygen atoms in total. The molecule has 1 unspecified atom stereocenters. The number of carboxylic acid groups (broad SMARTS) is 1. The molecule has 1 atom stereocenters. The lowest BCUT2D eigenvalue weighted by Crippen LogP contribution is -2.39. The number of aliphatic carboxylic acids is 1. The molecule has 116 valence electrons. The number of rotatable bonds is 5. The minimum atomic E-state index is -0.758. The maximum Gasteiger partial charge on any atom is 0.311 e. The minimum Gasteiger partial charge on any atom is -0.494 e. The number of carbonyl (C=O) groups is 1. The van der Waals surface area contributed by atoms with Crippen LogP contribution in [0.1, 0.15) is 25.8 Å². The Labute approximate surface area is 124 Å². The lowest BCUT2D eigenvalue weighted by Gasteiger charge is -2.29. The summed E-state index contributed by atoms with van der Waals surface area (Å²) in [5.74, 6) is -0.848. The van der Waals surface area contributed by atoms with Crippen molar-refractivity contribution in [2.75, 3.05) is 20.2 Å². The quantitative estimate of drug-likeness (QED) is 0.907. The normalized spacial score (nSPS) is 22.7. The fourth-order valence-electron chi connectivity index (χ4n) is 3.02. The van der Waals surface area contributed by atoms with Crippen molar-refractivity contribution in [2.24, 2.45) is 11.3 Å². The molecule has 0 aromatic heterocycles. The van der Waals surface area contributed by atoms with E-state index in [0.29, 0.717) is 31.6 Å². The van der Waals surface area contributed by atoms with Crippen LogP contribution < -0.4 is 4.74 Å². The number of ether oxygens (including phenoxy) is 1. The summed E-state index contributed by atoms with van der Waals surface area (Å²) in [6, 6.07) is 5.05. The lowest BCUT2D eigenvalue weighted by molar-refractivity contribution is -0.151. The highest BCUT2D eigenvalue weighted by Crippen LogP contribution is 2.39. The largest absolute Gasteiger partial charge is 0.494 e. The Morgan fingerprint density at radius 3 is 2.76 bits per heavy atom. The summed E-state index contributed by atoms with van der Waals surface area (Å²) in [6.45, 7) is 5.40. The second-order valence-electron chi connectivity index (χ2n) is 6.01. The van der Waals surface area contributed by atoms with Crippen molar-refractivity contribution in [3.8, 4) is 5.75 Å². The SMILES string of the molecule is COc1cccc(CN2CCC(C(=O)O)(C(C)C)C2)c1F. The van der Waals surface area contributed by atoms with Crippen molar-refractivity contribution < 1.29 is 19.0 Å². The van der Waals surface area contributed by atoms with Gasteiger partial charge in [-0.05, 0) is 24.9 Å². The number of hydrogen-bond donors (Lipinski definition) is 1. The summed E-state index contributed by atoms with van der Waals surface area (Å²) in [7, 11) is 1.44. The van der Waals surface area contributed by atoms with Crippen LogP contribution >= 0.6 is 0 Å². The fraction of sp³-hybridized carbons (Fsp3) is 0.562. The molecular formula is C16H22FNO3. The Morgan fingerprint density at radius 1 is 1.52 bits per heavy atom. The van der Waals surface area contributed by atoms with E-state index in [1.54, 1.807) is 18.2 Å². The highest BCUT2D eigenvalue weighted by molar-refractivity contribution is 5.75. The van der Waals surface area contributed by atoms with E-state index in [1.807, 2.05) is 18.7 Å². The van der Waals surface area contributed by atoms with E-state index in [9.17, 15) is 14.3 Å². The van der Waals surface area contributed by atoms with E-state index in [-0.39, 0.29) is 17.5 Å². The van der Waals surface area contributed by atoms with Crippen LogP contribution in [-0.2, 0) is 11.3 Å². The number of likely N-dealkylation sites (tertiary alicyclic amines) is 1. The van der Waals surface area contributed by atoms with Crippen LogP contribution in [-0.4, -0.2) is 36.2 Å². The average Bonchev–Trinajstić information content (AvgIpc) is 2.86. The molecule has 0 aliphatic carbocycles. The molecule has 1 aliphatic rings.